The van der Waals surface area contributed by atoms with E-state index in [2.05, 4.69) is 21.2 Å². The molecular formula is C12H14BrCl2NO. The number of carbonyl (C=O) groups excluding carboxylic acids is 1. The van der Waals surface area contributed by atoms with Crippen LogP contribution in [0.4, 0.5) is 0 Å². The molecule has 0 aromatic heterocycles. The molecule has 17 heavy (non-hydrogen) atoms. The minimum atomic E-state index is -0.124. The van der Waals surface area contributed by atoms with Crippen LogP contribution in [0, 0.1) is 0 Å². The summed E-state index contributed by atoms with van der Waals surface area (Å²) in [6, 6.07) is 5.25. The minimum Gasteiger partial charge on any atom is -0.350 e. The second kappa shape index (κ2) is 7.24. The maximum Gasteiger partial charge on any atom is 0.252 e. The molecule has 94 valence electrons. The maximum atomic E-state index is 12.0. The summed E-state index contributed by atoms with van der Waals surface area (Å²) in [7, 11) is 0. The van der Waals surface area contributed by atoms with Crippen molar-refractivity contribution >= 4 is 45.0 Å². The van der Waals surface area contributed by atoms with Gasteiger partial charge in [-0.05, 0) is 53.9 Å². The van der Waals surface area contributed by atoms with Crippen molar-refractivity contribution in [2.24, 2.45) is 0 Å². The van der Waals surface area contributed by atoms with Gasteiger partial charge in [-0.1, -0.05) is 11.6 Å². The molecule has 1 rings (SSSR count). The van der Waals surface area contributed by atoms with Crippen LogP contribution in [0.1, 0.15) is 30.1 Å². The van der Waals surface area contributed by atoms with Crippen molar-refractivity contribution in [3.63, 3.8) is 0 Å². The summed E-state index contributed by atoms with van der Waals surface area (Å²) in [6.45, 7) is 1.96. The smallest absolute Gasteiger partial charge is 0.252 e. The van der Waals surface area contributed by atoms with Crippen LogP contribution >= 0.6 is 39.1 Å². The zero-order valence-electron chi connectivity index (χ0n) is 9.47. The average molecular weight is 339 g/mol. The summed E-state index contributed by atoms with van der Waals surface area (Å²) in [5, 5.41) is 3.46. The Morgan fingerprint density at radius 1 is 1.53 bits per heavy atom. The topological polar surface area (TPSA) is 29.1 Å². The predicted molar refractivity (Wildman–Crippen MR) is 76.0 cm³/mol. The Hall–Kier alpha value is -0.250. The number of alkyl halides is 1. The number of nitrogens with one attached hydrogen (secondary N) is 1. The first-order valence-corrected chi connectivity index (χ1v) is 7.07. The lowest BCUT2D eigenvalue weighted by Crippen LogP contribution is -2.32. The molecule has 2 nitrogen and oxygen atoms in total. The highest BCUT2D eigenvalue weighted by Gasteiger charge is 2.13. The second-order valence-electron chi connectivity index (χ2n) is 3.83. The molecule has 0 heterocycles. The number of hydrogen-bond acceptors (Lipinski definition) is 1. The first-order valence-electron chi connectivity index (χ1n) is 5.36. The predicted octanol–water partition coefficient (Wildman–Crippen LogP) is 4.24. The third kappa shape index (κ3) is 4.86. The van der Waals surface area contributed by atoms with E-state index in [9.17, 15) is 4.79 Å². The first kappa shape index (κ1) is 14.8. The Morgan fingerprint density at radius 2 is 2.24 bits per heavy atom. The molecule has 0 fully saturated rings. The number of amides is 1. The fourth-order valence-corrected chi connectivity index (χ4v) is 2.18. The van der Waals surface area contributed by atoms with Gasteiger partial charge in [0.2, 0.25) is 0 Å². The van der Waals surface area contributed by atoms with Crippen LogP contribution in [0.15, 0.2) is 22.7 Å². The van der Waals surface area contributed by atoms with Gasteiger partial charge in [0.1, 0.15) is 0 Å². The van der Waals surface area contributed by atoms with Gasteiger partial charge in [-0.3, -0.25) is 4.79 Å². The highest BCUT2D eigenvalue weighted by atomic mass is 79.9. The van der Waals surface area contributed by atoms with Crippen LogP contribution < -0.4 is 5.32 Å². The number of rotatable bonds is 5. The normalized spacial score (nSPS) is 12.2. The monoisotopic (exact) mass is 337 g/mol. The molecule has 1 atom stereocenters. The average Bonchev–Trinajstić information content (AvgIpc) is 2.29. The summed E-state index contributed by atoms with van der Waals surface area (Å²) in [6.07, 6.45) is 1.76. The van der Waals surface area contributed by atoms with Crippen molar-refractivity contribution in [1.29, 1.82) is 0 Å². The molecule has 1 unspecified atom stereocenters. The molecule has 1 aromatic rings. The van der Waals surface area contributed by atoms with Crippen LogP contribution in [0.2, 0.25) is 5.02 Å². The van der Waals surface area contributed by atoms with Crippen molar-refractivity contribution in [1.82, 2.24) is 5.32 Å². The molecule has 0 radical (unpaired) electrons. The van der Waals surface area contributed by atoms with Crippen molar-refractivity contribution in [2.75, 3.05) is 5.88 Å². The zero-order valence-corrected chi connectivity index (χ0v) is 12.6. The maximum absolute atomic E-state index is 12.0. The van der Waals surface area contributed by atoms with E-state index in [1.165, 1.54) is 0 Å². The van der Waals surface area contributed by atoms with E-state index in [-0.39, 0.29) is 11.9 Å². The third-order valence-corrected chi connectivity index (χ3v) is 3.52. The van der Waals surface area contributed by atoms with Crippen molar-refractivity contribution in [2.45, 2.75) is 25.8 Å². The Kier molecular flexibility index (Phi) is 6.31. The molecule has 0 spiro atoms. The Morgan fingerprint density at radius 3 is 2.88 bits per heavy atom. The fraction of sp³-hybridized carbons (Fsp3) is 0.417. The second-order valence-corrected chi connectivity index (χ2v) is 5.50. The van der Waals surface area contributed by atoms with E-state index in [0.717, 1.165) is 17.3 Å². The van der Waals surface area contributed by atoms with Crippen molar-refractivity contribution in [3.05, 3.63) is 33.3 Å². The molecule has 0 bridgehead atoms. The van der Waals surface area contributed by atoms with E-state index >= 15 is 0 Å². The summed E-state index contributed by atoms with van der Waals surface area (Å²) in [5.41, 5.74) is 0.551. The van der Waals surface area contributed by atoms with Gasteiger partial charge in [-0.25, -0.2) is 0 Å². The van der Waals surface area contributed by atoms with Crippen LogP contribution in [0.5, 0.6) is 0 Å². The summed E-state index contributed by atoms with van der Waals surface area (Å²) in [4.78, 5) is 12.0. The highest BCUT2D eigenvalue weighted by Crippen LogP contribution is 2.21. The molecule has 0 aliphatic carbocycles. The van der Waals surface area contributed by atoms with Gasteiger partial charge >= 0.3 is 0 Å². The zero-order chi connectivity index (χ0) is 12.8. The standard InChI is InChI=1S/C12H14BrCl2NO/c1-8(3-2-6-14)16-12(17)10-7-9(15)4-5-11(10)13/h4-5,7-8H,2-3,6H2,1H3,(H,16,17). The summed E-state index contributed by atoms with van der Waals surface area (Å²) in [5.74, 6) is 0.489. The van der Waals surface area contributed by atoms with E-state index in [0.29, 0.717) is 16.5 Å². The van der Waals surface area contributed by atoms with Crippen molar-refractivity contribution in [3.8, 4) is 0 Å². The molecule has 1 aromatic carbocycles. The van der Waals surface area contributed by atoms with Crippen LogP contribution in [-0.2, 0) is 0 Å². The van der Waals surface area contributed by atoms with Gasteiger partial charge in [-0.15, -0.1) is 11.6 Å². The first-order chi connectivity index (χ1) is 8.04. The lowest BCUT2D eigenvalue weighted by Gasteiger charge is -2.14. The lowest BCUT2D eigenvalue weighted by molar-refractivity contribution is 0.0937. The number of carbonyl (C=O) groups is 1. The SMILES string of the molecule is CC(CCCCl)NC(=O)c1cc(Cl)ccc1Br. The molecule has 0 saturated heterocycles. The molecule has 0 saturated carbocycles. The highest BCUT2D eigenvalue weighted by molar-refractivity contribution is 9.10. The van der Waals surface area contributed by atoms with Gasteiger partial charge in [0.25, 0.3) is 5.91 Å². The largest absolute Gasteiger partial charge is 0.350 e. The van der Waals surface area contributed by atoms with E-state index < -0.39 is 0 Å². The number of benzene rings is 1. The molecular weight excluding hydrogens is 325 g/mol. The minimum absolute atomic E-state index is 0.104. The van der Waals surface area contributed by atoms with Gasteiger partial charge < -0.3 is 5.32 Å². The van der Waals surface area contributed by atoms with Gasteiger partial charge in [-0.2, -0.15) is 0 Å². The van der Waals surface area contributed by atoms with Crippen LogP contribution in [0.25, 0.3) is 0 Å². The van der Waals surface area contributed by atoms with Gasteiger partial charge in [0, 0.05) is 21.4 Å². The van der Waals surface area contributed by atoms with E-state index in [1.807, 2.05) is 6.92 Å². The van der Waals surface area contributed by atoms with Crippen LogP contribution in [0.3, 0.4) is 0 Å². The lowest BCUT2D eigenvalue weighted by atomic mass is 10.1. The third-order valence-electron chi connectivity index (χ3n) is 2.32. The Bertz CT molecular complexity index is 398. The quantitative estimate of drug-likeness (QED) is 0.799. The van der Waals surface area contributed by atoms with E-state index in [1.54, 1.807) is 18.2 Å². The van der Waals surface area contributed by atoms with Crippen LogP contribution in [-0.4, -0.2) is 17.8 Å². The molecule has 0 aliphatic heterocycles. The Labute approximate surface area is 120 Å². The van der Waals surface area contributed by atoms with Gasteiger partial charge in [0.15, 0.2) is 0 Å². The summed E-state index contributed by atoms with van der Waals surface area (Å²) >= 11 is 14.8. The van der Waals surface area contributed by atoms with Gasteiger partial charge in [0.05, 0.1) is 5.56 Å². The number of halogens is 3. The number of hydrogen-bond donors (Lipinski definition) is 1. The molecule has 1 amide bonds. The molecule has 0 aliphatic rings. The molecule has 1 N–H and O–H groups in total. The summed E-state index contributed by atoms with van der Waals surface area (Å²) < 4.78 is 0.740. The molecule has 5 heteroatoms. The van der Waals surface area contributed by atoms with E-state index in [4.69, 9.17) is 23.2 Å². The fourth-order valence-electron chi connectivity index (χ4n) is 1.43. The Balaban J connectivity index is 2.66. The van der Waals surface area contributed by atoms with Crippen molar-refractivity contribution < 1.29 is 4.79 Å².